The third kappa shape index (κ3) is 8.66. The summed E-state index contributed by atoms with van der Waals surface area (Å²) in [5.41, 5.74) is 1.21. The van der Waals surface area contributed by atoms with Gasteiger partial charge >= 0.3 is 5.97 Å². The fourth-order valence-corrected chi connectivity index (χ4v) is 6.66. The van der Waals surface area contributed by atoms with Gasteiger partial charge in [0, 0.05) is 51.3 Å². The number of carbonyl (C=O) groups excluding carboxylic acids is 1. The van der Waals surface area contributed by atoms with E-state index in [-0.39, 0.29) is 23.5 Å². The molecule has 0 aliphatic carbocycles. The number of aliphatic carboxylic acids is 1. The summed E-state index contributed by atoms with van der Waals surface area (Å²) in [4.78, 5) is 44.1. The SMILES string of the molecule is CCCn1c(N2CCN(C)CC2)c(/C=C2\SC(=S)N(CCCCCCCCCCC(=O)O)C2=O)c(C)c(C#N)c1=O. The highest BCUT2D eigenvalue weighted by molar-refractivity contribution is 8.26. The zero-order chi connectivity index (χ0) is 29.9. The number of carbonyl (C=O) groups is 2. The van der Waals surface area contributed by atoms with Crippen molar-refractivity contribution in [2.45, 2.75) is 84.6 Å². The van der Waals surface area contributed by atoms with E-state index in [0.29, 0.717) is 27.9 Å². The maximum atomic E-state index is 13.5. The Balaban J connectivity index is 1.72. The van der Waals surface area contributed by atoms with Crippen molar-refractivity contribution >= 4 is 52.1 Å². The van der Waals surface area contributed by atoms with Crippen LogP contribution < -0.4 is 10.5 Å². The first kappa shape index (κ1) is 32.8. The van der Waals surface area contributed by atoms with E-state index in [4.69, 9.17) is 17.3 Å². The van der Waals surface area contributed by atoms with E-state index in [0.717, 1.165) is 95.3 Å². The molecular formula is C30H43N5O4S2. The number of unbranched alkanes of at least 4 members (excludes halogenated alkanes) is 7. The Labute approximate surface area is 253 Å². The van der Waals surface area contributed by atoms with Crippen LogP contribution in [0.5, 0.6) is 0 Å². The number of thioether (sulfide) groups is 1. The van der Waals surface area contributed by atoms with E-state index in [1.807, 2.05) is 13.0 Å². The molecule has 0 saturated carbocycles. The molecule has 1 aromatic heterocycles. The lowest BCUT2D eigenvalue weighted by Gasteiger charge is -2.36. The van der Waals surface area contributed by atoms with Crippen LogP contribution in [0.15, 0.2) is 9.70 Å². The molecule has 0 atom stereocenters. The maximum absolute atomic E-state index is 13.5. The normalized spacial score (nSPS) is 17.1. The highest BCUT2D eigenvalue weighted by Crippen LogP contribution is 2.36. The second-order valence-electron chi connectivity index (χ2n) is 10.9. The summed E-state index contributed by atoms with van der Waals surface area (Å²) in [5.74, 6) is -0.0582. The van der Waals surface area contributed by atoms with Gasteiger partial charge < -0.3 is 14.9 Å². The van der Waals surface area contributed by atoms with Gasteiger partial charge in [-0.25, -0.2) is 0 Å². The highest BCUT2D eigenvalue weighted by atomic mass is 32.2. The summed E-state index contributed by atoms with van der Waals surface area (Å²) in [7, 11) is 2.08. The summed E-state index contributed by atoms with van der Waals surface area (Å²) in [6, 6.07) is 2.12. The average molecular weight is 602 g/mol. The Morgan fingerprint density at radius 3 is 2.22 bits per heavy atom. The van der Waals surface area contributed by atoms with Crippen molar-refractivity contribution < 1.29 is 14.7 Å². The Hall–Kier alpha value is -2.68. The predicted molar refractivity (Wildman–Crippen MR) is 169 cm³/mol. The number of carboxylic acid groups (broad SMARTS) is 1. The minimum Gasteiger partial charge on any atom is -0.481 e. The number of rotatable bonds is 15. The molecule has 0 bridgehead atoms. The molecule has 1 aromatic rings. The lowest BCUT2D eigenvalue weighted by atomic mass is 10.0. The van der Waals surface area contributed by atoms with Gasteiger partial charge in [-0.2, -0.15) is 5.26 Å². The van der Waals surface area contributed by atoms with Gasteiger partial charge in [0.15, 0.2) is 0 Å². The summed E-state index contributed by atoms with van der Waals surface area (Å²) >= 11 is 6.88. The van der Waals surface area contributed by atoms with Crippen molar-refractivity contribution in [3.05, 3.63) is 31.9 Å². The van der Waals surface area contributed by atoms with E-state index in [9.17, 15) is 19.6 Å². The molecule has 41 heavy (non-hydrogen) atoms. The molecule has 3 heterocycles. The van der Waals surface area contributed by atoms with Crippen LogP contribution in [0.3, 0.4) is 0 Å². The molecule has 2 aliphatic heterocycles. The lowest BCUT2D eigenvalue weighted by Crippen LogP contribution is -2.47. The van der Waals surface area contributed by atoms with Gasteiger partial charge in [0.1, 0.15) is 21.8 Å². The minimum absolute atomic E-state index is 0.117. The fraction of sp³-hybridized carbons (Fsp3) is 0.633. The Morgan fingerprint density at radius 1 is 1.02 bits per heavy atom. The molecule has 2 fully saturated rings. The molecule has 224 valence electrons. The van der Waals surface area contributed by atoms with Crippen molar-refractivity contribution in [2.75, 3.05) is 44.7 Å². The molecule has 11 heteroatoms. The van der Waals surface area contributed by atoms with Crippen LogP contribution in [-0.4, -0.2) is 75.4 Å². The molecule has 3 rings (SSSR count). The van der Waals surface area contributed by atoms with E-state index in [1.165, 1.54) is 11.8 Å². The average Bonchev–Trinajstić information content (AvgIpc) is 3.20. The Kier molecular flexibility index (Phi) is 12.9. The zero-order valence-electron chi connectivity index (χ0n) is 24.6. The first-order valence-electron chi connectivity index (χ1n) is 14.8. The van der Waals surface area contributed by atoms with E-state index in [2.05, 4.69) is 22.9 Å². The van der Waals surface area contributed by atoms with Crippen molar-refractivity contribution in [3.8, 4) is 6.07 Å². The number of nitrogens with zero attached hydrogens (tertiary/aromatic N) is 5. The molecule has 9 nitrogen and oxygen atoms in total. The van der Waals surface area contributed by atoms with Gasteiger partial charge in [-0.05, 0) is 44.9 Å². The summed E-state index contributed by atoms with van der Waals surface area (Å²) < 4.78 is 2.26. The third-order valence-electron chi connectivity index (χ3n) is 7.77. The van der Waals surface area contributed by atoms with Gasteiger partial charge in [0.05, 0.1) is 4.91 Å². The molecular weight excluding hydrogens is 558 g/mol. The molecule has 0 spiro atoms. The zero-order valence-corrected chi connectivity index (χ0v) is 26.2. The Morgan fingerprint density at radius 2 is 1.63 bits per heavy atom. The number of thiocarbonyl (C=S) groups is 1. The Bertz CT molecular complexity index is 1240. The number of aromatic nitrogens is 1. The highest BCUT2D eigenvalue weighted by Gasteiger charge is 2.33. The molecule has 0 aromatic carbocycles. The van der Waals surface area contributed by atoms with Crippen molar-refractivity contribution in [2.24, 2.45) is 0 Å². The molecule has 0 unspecified atom stereocenters. The van der Waals surface area contributed by atoms with Gasteiger partial charge in [-0.15, -0.1) is 0 Å². The van der Waals surface area contributed by atoms with E-state index >= 15 is 0 Å². The smallest absolute Gasteiger partial charge is 0.303 e. The number of nitriles is 1. The fourth-order valence-electron chi connectivity index (χ4n) is 5.36. The first-order chi connectivity index (χ1) is 19.7. The van der Waals surface area contributed by atoms with Crippen LogP contribution in [0, 0.1) is 18.3 Å². The second kappa shape index (κ2) is 16.1. The first-order valence-corrected chi connectivity index (χ1v) is 16.0. The monoisotopic (exact) mass is 601 g/mol. The van der Waals surface area contributed by atoms with E-state index < -0.39 is 5.97 Å². The molecule has 2 saturated heterocycles. The second-order valence-corrected chi connectivity index (χ2v) is 12.6. The van der Waals surface area contributed by atoms with Crippen LogP contribution in [0.25, 0.3) is 6.08 Å². The van der Waals surface area contributed by atoms with E-state index in [1.54, 1.807) is 16.4 Å². The number of amides is 1. The number of carboxylic acids is 1. The molecule has 0 radical (unpaired) electrons. The molecule has 2 aliphatic rings. The standard InChI is InChI=1S/C30H43N5O4S2/c1-4-14-34-27(33-18-16-32(3)17-19-33)23(22(2)24(21-31)28(34)38)20-25-29(39)35(30(40)41-25)15-12-10-8-6-5-7-9-11-13-26(36)37/h20H,4-19H2,1-3H3,(H,36,37)/b25-20-. The van der Waals surface area contributed by atoms with Gasteiger partial charge in [-0.3, -0.25) is 23.9 Å². The molecule has 1 amide bonds. The third-order valence-corrected chi connectivity index (χ3v) is 9.15. The number of anilines is 1. The van der Waals surface area contributed by atoms with Crippen molar-refractivity contribution in [1.82, 2.24) is 14.4 Å². The number of hydrogen-bond acceptors (Lipinski definition) is 8. The van der Waals surface area contributed by atoms with Crippen molar-refractivity contribution in [3.63, 3.8) is 0 Å². The summed E-state index contributed by atoms with van der Waals surface area (Å²) in [6.45, 7) is 8.14. The van der Waals surface area contributed by atoms with Crippen molar-refractivity contribution in [1.29, 1.82) is 5.26 Å². The molecule has 1 N–H and O–H groups in total. The van der Waals surface area contributed by atoms with Gasteiger partial charge in [-0.1, -0.05) is 69.4 Å². The number of hydrogen-bond donors (Lipinski definition) is 1. The van der Waals surface area contributed by atoms with Gasteiger partial charge in [0.25, 0.3) is 11.5 Å². The topological polar surface area (TPSA) is 110 Å². The summed E-state index contributed by atoms with van der Waals surface area (Å²) in [6.07, 6.45) is 10.8. The van der Waals surface area contributed by atoms with Crippen LogP contribution in [-0.2, 0) is 16.1 Å². The largest absolute Gasteiger partial charge is 0.481 e. The lowest BCUT2D eigenvalue weighted by molar-refractivity contribution is -0.137. The predicted octanol–water partition coefficient (Wildman–Crippen LogP) is 4.99. The number of likely N-dealkylation sites (N-methyl/N-ethyl adjacent to an activating group) is 1. The number of piperazine rings is 1. The number of pyridine rings is 1. The minimum atomic E-state index is -0.728. The van der Waals surface area contributed by atoms with Crippen LogP contribution in [0.2, 0.25) is 0 Å². The maximum Gasteiger partial charge on any atom is 0.303 e. The quantitative estimate of drug-likeness (QED) is 0.169. The van der Waals surface area contributed by atoms with Crippen LogP contribution in [0.4, 0.5) is 5.82 Å². The van der Waals surface area contributed by atoms with Gasteiger partial charge in [0.2, 0.25) is 0 Å². The van der Waals surface area contributed by atoms with Crippen LogP contribution >= 0.6 is 24.0 Å². The van der Waals surface area contributed by atoms with Crippen LogP contribution in [0.1, 0.15) is 87.8 Å². The summed E-state index contributed by atoms with van der Waals surface area (Å²) in [5, 5.41) is 18.6.